The lowest BCUT2D eigenvalue weighted by molar-refractivity contribution is -0.129. The van der Waals surface area contributed by atoms with Crippen LogP contribution in [0, 0.1) is 19.8 Å². The fourth-order valence-corrected chi connectivity index (χ4v) is 2.67. The minimum Gasteiger partial charge on any atom is -0.393 e. The molecule has 1 aromatic rings. The van der Waals surface area contributed by atoms with Crippen LogP contribution in [0.15, 0.2) is 18.2 Å². The van der Waals surface area contributed by atoms with Gasteiger partial charge >= 0.3 is 0 Å². The van der Waals surface area contributed by atoms with Crippen LogP contribution in [0.3, 0.4) is 0 Å². The van der Waals surface area contributed by atoms with Crippen LogP contribution in [-0.2, 0) is 11.2 Å². The van der Waals surface area contributed by atoms with Crippen molar-refractivity contribution in [3.8, 4) is 0 Å². The van der Waals surface area contributed by atoms with E-state index in [0.29, 0.717) is 13.0 Å². The van der Waals surface area contributed by atoms with Crippen LogP contribution in [0.25, 0.3) is 0 Å². The summed E-state index contributed by atoms with van der Waals surface area (Å²) >= 11 is 0. The Bertz CT molecular complexity index is 468. The molecule has 104 valence electrons. The van der Waals surface area contributed by atoms with Gasteiger partial charge in [0.1, 0.15) is 0 Å². The fraction of sp³-hybridized carbons (Fsp3) is 0.562. The third-order valence-corrected chi connectivity index (χ3v) is 4.11. The van der Waals surface area contributed by atoms with Crippen molar-refractivity contribution in [3.05, 3.63) is 34.9 Å². The molecule has 2 unspecified atom stereocenters. The van der Waals surface area contributed by atoms with Crippen LogP contribution >= 0.6 is 0 Å². The number of likely N-dealkylation sites (tertiary alicyclic amines) is 1. The Morgan fingerprint density at radius 2 is 2.21 bits per heavy atom. The average Bonchev–Trinajstić information content (AvgIpc) is 2.83. The van der Waals surface area contributed by atoms with Gasteiger partial charge in [0, 0.05) is 19.0 Å². The second kappa shape index (κ2) is 5.74. The summed E-state index contributed by atoms with van der Waals surface area (Å²) in [5, 5.41) is 9.58. The molecule has 1 N–H and O–H groups in total. The number of aliphatic hydroxyl groups excluding tert-OH is 1. The monoisotopic (exact) mass is 261 g/mol. The lowest BCUT2D eigenvalue weighted by Gasteiger charge is -2.18. The molecule has 0 radical (unpaired) electrons. The van der Waals surface area contributed by atoms with Crippen molar-refractivity contribution in [1.82, 2.24) is 4.90 Å². The van der Waals surface area contributed by atoms with Crippen molar-refractivity contribution in [3.63, 3.8) is 0 Å². The highest BCUT2D eigenvalue weighted by Gasteiger charge is 2.28. The Balaban J connectivity index is 2.00. The Morgan fingerprint density at radius 3 is 2.84 bits per heavy atom. The van der Waals surface area contributed by atoms with Crippen molar-refractivity contribution in [1.29, 1.82) is 0 Å². The van der Waals surface area contributed by atoms with E-state index in [1.54, 1.807) is 0 Å². The highest BCUT2D eigenvalue weighted by molar-refractivity contribution is 5.79. The van der Waals surface area contributed by atoms with Gasteiger partial charge in [-0.25, -0.2) is 0 Å². The first-order chi connectivity index (χ1) is 8.97. The molecular weight excluding hydrogens is 238 g/mol. The minimum absolute atomic E-state index is 0.178. The summed E-state index contributed by atoms with van der Waals surface area (Å²) < 4.78 is 0. The van der Waals surface area contributed by atoms with Crippen molar-refractivity contribution < 1.29 is 9.90 Å². The molecule has 2 atom stereocenters. The summed E-state index contributed by atoms with van der Waals surface area (Å²) in [6.07, 6.45) is 1.06. The van der Waals surface area contributed by atoms with Gasteiger partial charge in [-0.15, -0.1) is 0 Å². The van der Waals surface area contributed by atoms with Crippen LogP contribution in [-0.4, -0.2) is 35.1 Å². The van der Waals surface area contributed by atoms with E-state index in [-0.39, 0.29) is 17.9 Å². The van der Waals surface area contributed by atoms with Crippen LogP contribution in [0.5, 0.6) is 0 Å². The summed E-state index contributed by atoms with van der Waals surface area (Å²) in [4.78, 5) is 14.2. The highest BCUT2D eigenvalue weighted by atomic mass is 16.3. The van der Waals surface area contributed by atoms with Gasteiger partial charge in [-0.2, -0.15) is 0 Å². The number of carbonyl (C=O) groups is 1. The Morgan fingerprint density at radius 1 is 1.47 bits per heavy atom. The van der Waals surface area contributed by atoms with Crippen molar-refractivity contribution in [2.24, 2.45) is 5.92 Å². The number of aryl methyl sites for hydroxylation is 2. The molecule has 1 fully saturated rings. The lowest BCUT2D eigenvalue weighted by atomic mass is 10.0. The van der Waals surface area contributed by atoms with Gasteiger partial charge in [0.2, 0.25) is 5.91 Å². The van der Waals surface area contributed by atoms with Crippen LogP contribution in [0.4, 0.5) is 0 Å². The molecule has 1 saturated heterocycles. The Hall–Kier alpha value is -1.35. The number of hydrogen-bond acceptors (Lipinski definition) is 2. The molecule has 0 aliphatic carbocycles. The first-order valence-corrected chi connectivity index (χ1v) is 6.99. The van der Waals surface area contributed by atoms with E-state index in [2.05, 4.69) is 18.2 Å². The van der Waals surface area contributed by atoms with E-state index in [1.165, 1.54) is 11.1 Å². The standard InChI is InChI=1S/C16H23NO2/c1-11-4-5-12(2)15(8-11)9-16(19)17-7-6-14(10-17)13(3)18/h4-5,8,13-14,18H,6-7,9-10H2,1-3H3. The molecule has 0 spiro atoms. The largest absolute Gasteiger partial charge is 0.393 e. The molecule has 2 rings (SSSR count). The molecule has 1 aromatic carbocycles. The number of rotatable bonds is 3. The molecule has 1 aliphatic heterocycles. The third kappa shape index (κ3) is 3.35. The topological polar surface area (TPSA) is 40.5 Å². The Kier molecular flexibility index (Phi) is 4.25. The van der Waals surface area contributed by atoms with Gasteiger partial charge in [-0.05, 0) is 38.3 Å². The number of carbonyl (C=O) groups excluding carboxylic acids is 1. The maximum Gasteiger partial charge on any atom is 0.227 e. The third-order valence-electron chi connectivity index (χ3n) is 4.11. The Labute approximate surface area is 115 Å². The van der Waals surface area contributed by atoms with Crippen molar-refractivity contribution >= 4 is 5.91 Å². The quantitative estimate of drug-likeness (QED) is 0.905. The van der Waals surface area contributed by atoms with E-state index >= 15 is 0 Å². The normalized spacial score (nSPS) is 20.6. The van der Waals surface area contributed by atoms with Crippen LogP contribution in [0.1, 0.15) is 30.0 Å². The summed E-state index contributed by atoms with van der Waals surface area (Å²) in [6.45, 7) is 7.38. The zero-order valence-electron chi connectivity index (χ0n) is 12.0. The van der Waals surface area contributed by atoms with Crippen molar-refractivity contribution in [2.45, 2.75) is 39.7 Å². The molecule has 0 saturated carbocycles. The van der Waals surface area contributed by atoms with E-state index < -0.39 is 0 Å². The molecular formula is C16H23NO2. The number of aliphatic hydroxyl groups is 1. The van der Waals surface area contributed by atoms with Gasteiger partial charge < -0.3 is 10.0 Å². The molecule has 1 amide bonds. The van der Waals surface area contributed by atoms with Crippen LogP contribution in [0.2, 0.25) is 0 Å². The van der Waals surface area contributed by atoms with E-state index in [1.807, 2.05) is 25.7 Å². The summed E-state index contributed by atoms with van der Waals surface area (Å²) in [5.74, 6) is 0.416. The summed E-state index contributed by atoms with van der Waals surface area (Å²) in [6, 6.07) is 6.23. The fourth-order valence-electron chi connectivity index (χ4n) is 2.67. The number of amides is 1. The highest BCUT2D eigenvalue weighted by Crippen LogP contribution is 2.21. The second-order valence-electron chi connectivity index (χ2n) is 5.74. The lowest BCUT2D eigenvalue weighted by Crippen LogP contribution is -2.31. The smallest absolute Gasteiger partial charge is 0.227 e. The molecule has 0 aromatic heterocycles. The molecule has 0 bridgehead atoms. The predicted molar refractivity (Wildman–Crippen MR) is 76.0 cm³/mol. The summed E-state index contributed by atoms with van der Waals surface area (Å²) in [7, 11) is 0. The average molecular weight is 261 g/mol. The number of nitrogens with zero attached hydrogens (tertiary/aromatic N) is 1. The molecule has 3 heteroatoms. The molecule has 1 aliphatic rings. The second-order valence-corrected chi connectivity index (χ2v) is 5.74. The maximum absolute atomic E-state index is 12.3. The van der Waals surface area contributed by atoms with E-state index in [9.17, 15) is 9.90 Å². The molecule has 3 nitrogen and oxygen atoms in total. The predicted octanol–water partition coefficient (Wildman–Crippen LogP) is 2.08. The van der Waals surface area contributed by atoms with Gasteiger partial charge in [-0.3, -0.25) is 4.79 Å². The first kappa shape index (κ1) is 14.1. The maximum atomic E-state index is 12.3. The number of hydrogen-bond donors (Lipinski definition) is 1. The van der Waals surface area contributed by atoms with Crippen LogP contribution < -0.4 is 0 Å². The molecule has 1 heterocycles. The van der Waals surface area contributed by atoms with E-state index in [0.717, 1.165) is 18.5 Å². The van der Waals surface area contributed by atoms with Crippen molar-refractivity contribution in [2.75, 3.05) is 13.1 Å². The van der Waals surface area contributed by atoms with Gasteiger partial charge in [0.15, 0.2) is 0 Å². The van der Waals surface area contributed by atoms with E-state index in [4.69, 9.17) is 0 Å². The minimum atomic E-state index is -0.321. The number of benzene rings is 1. The van der Waals surface area contributed by atoms with Gasteiger partial charge in [0.25, 0.3) is 0 Å². The molecule has 19 heavy (non-hydrogen) atoms. The van der Waals surface area contributed by atoms with Gasteiger partial charge in [-0.1, -0.05) is 23.8 Å². The zero-order chi connectivity index (χ0) is 14.0. The zero-order valence-corrected chi connectivity index (χ0v) is 12.0. The summed E-state index contributed by atoms with van der Waals surface area (Å²) in [5.41, 5.74) is 3.48. The first-order valence-electron chi connectivity index (χ1n) is 6.99. The van der Waals surface area contributed by atoms with Gasteiger partial charge in [0.05, 0.1) is 12.5 Å². The SMILES string of the molecule is Cc1ccc(C)c(CC(=O)N2CCC(C(C)O)C2)c1.